The number of rotatable bonds is 4. The van der Waals surface area contributed by atoms with Gasteiger partial charge in [0.15, 0.2) is 5.25 Å². The fraction of sp³-hybridized carbons (Fsp3) is 0.750. The summed E-state index contributed by atoms with van der Waals surface area (Å²) in [6, 6.07) is 0.743. The predicted molar refractivity (Wildman–Crippen MR) is 55.3 cm³/mol. The standard InChI is InChI=1S/C8H15N3O3S/c1-6(5-9)15(13,14)10-7(2)8(12)11(3)4/h6-7,10H,1-4H3. The van der Waals surface area contributed by atoms with E-state index in [1.165, 1.54) is 32.8 Å². The Morgan fingerprint density at radius 3 is 2.20 bits per heavy atom. The van der Waals surface area contributed by atoms with Gasteiger partial charge >= 0.3 is 0 Å². The van der Waals surface area contributed by atoms with Gasteiger partial charge in [0.25, 0.3) is 0 Å². The molecule has 6 nitrogen and oxygen atoms in total. The molecule has 2 atom stereocenters. The Hall–Kier alpha value is -1.13. The summed E-state index contributed by atoms with van der Waals surface area (Å²) in [6.07, 6.45) is 0. The van der Waals surface area contributed by atoms with Gasteiger partial charge in [-0.25, -0.2) is 13.1 Å². The van der Waals surface area contributed by atoms with Crippen LogP contribution in [0.15, 0.2) is 0 Å². The van der Waals surface area contributed by atoms with E-state index in [1.807, 2.05) is 0 Å². The minimum atomic E-state index is -3.75. The van der Waals surface area contributed by atoms with Crippen LogP contribution in [0.1, 0.15) is 13.8 Å². The minimum absolute atomic E-state index is 0.358. The molecule has 2 unspecified atom stereocenters. The van der Waals surface area contributed by atoms with Gasteiger partial charge in [-0.05, 0) is 13.8 Å². The molecule has 0 spiro atoms. The molecule has 1 N–H and O–H groups in total. The summed E-state index contributed by atoms with van der Waals surface area (Å²) in [5.74, 6) is -0.358. The van der Waals surface area contributed by atoms with Gasteiger partial charge in [-0.15, -0.1) is 0 Å². The molecule has 1 amide bonds. The van der Waals surface area contributed by atoms with Gasteiger partial charge in [-0.1, -0.05) is 0 Å². The van der Waals surface area contributed by atoms with E-state index >= 15 is 0 Å². The fourth-order valence-corrected chi connectivity index (χ4v) is 1.79. The lowest BCUT2D eigenvalue weighted by Gasteiger charge is -2.18. The summed E-state index contributed by atoms with van der Waals surface area (Å²) in [5, 5.41) is 7.30. The van der Waals surface area contributed by atoms with Gasteiger partial charge < -0.3 is 4.90 Å². The van der Waals surface area contributed by atoms with E-state index < -0.39 is 21.3 Å². The molecule has 86 valence electrons. The predicted octanol–water partition coefficient (Wildman–Crippen LogP) is -0.705. The molecule has 0 aromatic heterocycles. The number of nitrogens with one attached hydrogen (secondary N) is 1. The lowest BCUT2D eigenvalue weighted by molar-refractivity contribution is -0.130. The molecule has 0 aliphatic rings. The second-order valence-corrected chi connectivity index (χ2v) is 5.42. The highest BCUT2D eigenvalue weighted by atomic mass is 32.2. The molecule has 0 fully saturated rings. The third-order valence-electron chi connectivity index (χ3n) is 1.80. The number of nitriles is 1. The molecule has 0 aromatic carbocycles. The maximum Gasteiger partial charge on any atom is 0.239 e. The van der Waals surface area contributed by atoms with Crippen molar-refractivity contribution in [2.75, 3.05) is 14.1 Å². The molecule has 0 heterocycles. The average Bonchev–Trinajstić information content (AvgIpc) is 2.14. The molecule has 0 radical (unpaired) electrons. The normalized spacial score (nSPS) is 15.1. The van der Waals surface area contributed by atoms with Gasteiger partial charge in [0.2, 0.25) is 15.9 Å². The summed E-state index contributed by atoms with van der Waals surface area (Å²) in [4.78, 5) is 12.6. The van der Waals surface area contributed by atoms with E-state index in [-0.39, 0.29) is 5.91 Å². The van der Waals surface area contributed by atoms with Crippen LogP contribution >= 0.6 is 0 Å². The number of hydrogen-bond donors (Lipinski definition) is 1. The molecule has 0 saturated heterocycles. The number of sulfonamides is 1. The van der Waals surface area contributed by atoms with Crippen molar-refractivity contribution in [3.8, 4) is 6.07 Å². The van der Waals surface area contributed by atoms with Crippen molar-refractivity contribution in [2.24, 2.45) is 0 Å². The molecular formula is C8H15N3O3S. The number of nitrogens with zero attached hydrogens (tertiary/aromatic N) is 2. The van der Waals surface area contributed by atoms with E-state index in [1.54, 1.807) is 6.07 Å². The highest BCUT2D eigenvalue weighted by Gasteiger charge is 2.26. The zero-order chi connectivity index (χ0) is 12.2. The summed E-state index contributed by atoms with van der Waals surface area (Å²) in [5.41, 5.74) is 0. The average molecular weight is 233 g/mol. The molecule has 0 aliphatic carbocycles. The first-order valence-corrected chi connectivity index (χ1v) is 5.89. The van der Waals surface area contributed by atoms with Crippen molar-refractivity contribution in [3.05, 3.63) is 0 Å². The minimum Gasteiger partial charge on any atom is -0.347 e. The second-order valence-electron chi connectivity index (χ2n) is 3.39. The van der Waals surface area contributed by atoms with Crippen molar-refractivity contribution >= 4 is 15.9 Å². The maximum absolute atomic E-state index is 11.4. The van der Waals surface area contributed by atoms with E-state index in [2.05, 4.69) is 4.72 Å². The van der Waals surface area contributed by atoms with E-state index in [4.69, 9.17) is 5.26 Å². The van der Waals surface area contributed by atoms with E-state index in [0.29, 0.717) is 0 Å². The molecule has 7 heteroatoms. The molecule has 15 heavy (non-hydrogen) atoms. The Morgan fingerprint density at radius 2 is 1.87 bits per heavy atom. The summed E-state index contributed by atoms with van der Waals surface area (Å²) < 4.78 is 24.9. The Morgan fingerprint density at radius 1 is 1.40 bits per heavy atom. The Bertz CT molecular complexity index is 369. The van der Waals surface area contributed by atoms with Crippen LogP contribution in [-0.4, -0.2) is 44.6 Å². The number of amides is 1. The van der Waals surface area contributed by atoms with Crippen LogP contribution in [0.4, 0.5) is 0 Å². The first kappa shape index (κ1) is 13.9. The van der Waals surface area contributed by atoms with Crippen LogP contribution in [0.5, 0.6) is 0 Å². The molecule has 0 rings (SSSR count). The summed E-state index contributed by atoms with van der Waals surface area (Å²) in [6.45, 7) is 2.69. The van der Waals surface area contributed by atoms with Gasteiger partial charge in [0.05, 0.1) is 12.1 Å². The number of likely N-dealkylation sites (N-methyl/N-ethyl adjacent to an activating group) is 1. The van der Waals surface area contributed by atoms with Crippen LogP contribution in [0.25, 0.3) is 0 Å². The lowest BCUT2D eigenvalue weighted by Crippen LogP contribution is -2.46. The van der Waals surface area contributed by atoms with Crippen LogP contribution < -0.4 is 4.72 Å². The van der Waals surface area contributed by atoms with Gasteiger partial charge in [-0.2, -0.15) is 5.26 Å². The van der Waals surface area contributed by atoms with Gasteiger partial charge in [0, 0.05) is 14.1 Å². The van der Waals surface area contributed by atoms with Crippen LogP contribution in [0, 0.1) is 11.3 Å². The van der Waals surface area contributed by atoms with Crippen LogP contribution in [0.3, 0.4) is 0 Å². The largest absolute Gasteiger partial charge is 0.347 e. The number of hydrogen-bond acceptors (Lipinski definition) is 4. The third kappa shape index (κ3) is 3.85. The Kier molecular flexibility index (Phi) is 4.71. The molecule has 0 aliphatic heterocycles. The molecule has 0 saturated carbocycles. The topological polar surface area (TPSA) is 90.3 Å². The number of carbonyl (C=O) groups excluding carboxylic acids is 1. The summed E-state index contributed by atoms with van der Waals surface area (Å²) in [7, 11) is -0.689. The lowest BCUT2D eigenvalue weighted by atomic mass is 10.3. The highest BCUT2D eigenvalue weighted by molar-refractivity contribution is 7.90. The van der Waals surface area contributed by atoms with Crippen LogP contribution in [0.2, 0.25) is 0 Å². The summed E-state index contributed by atoms with van der Waals surface area (Å²) >= 11 is 0. The van der Waals surface area contributed by atoms with Crippen molar-refractivity contribution in [2.45, 2.75) is 25.1 Å². The second kappa shape index (κ2) is 5.09. The Balaban J connectivity index is 4.64. The molecule has 0 bridgehead atoms. The fourth-order valence-electron chi connectivity index (χ4n) is 0.856. The van der Waals surface area contributed by atoms with Crippen molar-refractivity contribution in [3.63, 3.8) is 0 Å². The maximum atomic E-state index is 11.4. The first-order valence-electron chi connectivity index (χ1n) is 4.34. The highest BCUT2D eigenvalue weighted by Crippen LogP contribution is 1.99. The van der Waals surface area contributed by atoms with Crippen molar-refractivity contribution < 1.29 is 13.2 Å². The van der Waals surface area contributed by atoms with E-state index in [0.717, 1.165) is 0 Å². The Labute approximate surface area is 89.9 Å². The van der Waals surface area contributed by atoms with Gasteiger partial charge in [0.1, 0.15) is 0 Å². The zero-order valence-electron chi connectivity index (χ0n) is 9.18. The number of carbonyl (C=O) groups is 1. The van der Waals surface area contributed by atoms with Crippen LogP contribution in [-0.2, 0) is 14.8 Å². The van der Waals surface area contributed by atoms with Crippen molar-refractivity contribution in [1.82, 2.24) is 9.62 Å². The van der Waals surface area contributed by atoms with Crippen molar-refractivity contribution in [1.29, 1.82) is 5.26 Å². The smallest absolute Gasteiger partial charge is 0.239 e. The zero-order valence-corrected chi connectivity index (χ0v) is 10.00. The monoisotopic (exact) mass is 233 g/mol. The third-order valence-corrected chi connectivity index (χ3v) is 3.52. The SMILES string of the molecule is CC(NS(=O)(=O)C(C)C#N)C(=O)N(C)C. The first-order chi connectivity index (χ1) is 6.72. The quantitative estimate of drug-likeness (QED) is 0.694. The van der Waals surface area contributed by atoms with E-state index in [9.17, 15) is 13.2 Å². The molecule has 0 aromatic rings. The van der Waals surface area contributed by atoms with Gasteiger partial charge in [-0.3, -0.25) is 4.79 Å². The molecular weight excluding hydrogens is 218 g/mol.